The smallest absolute Gasteiger partial charge is 0.285 e. The van der Waals surface area contributed by atoms with Gasteiger partial charge in [0, 0.05) is 13.1 Å². The maximum absolute atomic E-state index is 11.6. The Morgan fingerprint density at radius 3 is 2.94 bits per heavy atom. The lowest BCUT2D eigenvalue weighted by molar-refractivity contribution is -0.113. The molecule has 2 aliphatic heterocycles. The molecule has 0 aliphatic carbocycles. The number of ether oxygens (including phenoxy) is 1. The molecule has 1 fully saturated rings. The van der Waals surface area contributed by atoms with Crippen molar-refractivity contribution in [1.82, 2.24) is 4.90 Å². The van der Waals surface area contributed by atoms with Crippen molar-refractivity contribution in [2.45, 2.75) is 19.8 Å². The van der Waals surface area contributed by atoms with Crippen LogP contribution < -0.4 is 0 Å². The molecule has 88 valence electrons. The summed E-state index contributed by atoms with van der Waals surface area (Å²) in [6, 6.07) is 0. The molecule has 0 radical (unpaired) electrons. The molecule has 4 nitrogen and oxygen atoms in total. The van der Waals surface area contributed by atoms with E-state index in [-0.39, 0.29) is 5.91 Å². The quantitative estimate of drug-likeness (QED) is 0.688. The van der Waals surface area contributed by atoms with Crippen LogP contribution in [0.3, 0.4) is 0 Å². The second-order valence-electron chi connectivity index (χ2n) is 3.76. The van der Waals surface area contributed by atoms with Gasteiger partial charge < -0.3 is 9.64 Å². The third-order valence-corrected chi connectivity index (χ3v) is 3.60. The number of hydrogen-bond acceptors (Lipinski definition) is 4. The lowest BCUT2D eigenvalue weighted by atomic mass is 10.3. The third-order valence-electron chi connectivity index (χ3n) is 2.51. The van der Waals surface area contributed by atoms with E-state index in [1.54, 1.807) is 0 Å². The second-order valence-corrected chi connectivity index (χ2v) is 4.77. The number of thioether (sulfide) groups is 1. The average molecular weight is 240 g/mol. The summed E-state index contributed by atoms with van der Waals surface area (Å²) in [5.41, 5.74) is 0. The number of unbranched alkanes of at least 4 members (excludes halogenated alkanes) is 1. The van der Waals surface area contributed by atoms with Gasteiger partial charge in [0.15, 0.2) is 5.17 Å². The molecule has 0 spiro atoms. The van der Waals surface area contributed by atoms with Gasteiger partial charge in [-0.25, -0.2) is 0 Å². The van der Waals surface area contributed by atoms with Gasteiger partial charge in [-0.2, -0.15) is 4.99 Å². The molecule has 0 unspecified atom stereocenters. The highest BCUT2D eigenvalue weighted by Crippen LogP contribution is 2.29. The summed E-state index contributed by atoms with van der Waals surface area (Å²) in [6.07, 6.45) is 3.99. The summed E-state index contributed by atoms with van der Waals surface area (Å²) < 4.78 is 5.27. The van der Waals surface area contributed by atoms with Gasteiger partial charge in [-0.15, -0.1) is 0 Å². The summed E-state index contributed by atoms with van der Waals surface area (Å²) in [4.78, 5) is 18.6. The van der Waals surface area contributed by atoms with Gasteiger partial charge in [0.2, 0.25) is 0 Å². The molecular formula is C11H16N2O2S. The Kier molecular flexibility index (Phi) is 4.01. The summed E-state index contributed by atoms with van der Waals surface area (Å²) >= 11 is 1.50. The fourth-order valence-electron chi connectivity index (χ4n) is 1.60. The summed E-state index contributed by atoms with van der Waals surface area (Å²) in [5.74, 6) is -0.0834. The van der Waals surface area contributed by atoms with Crippen molar-refractivity contribution in [3.05, 3.63) is 11.0 Å². The largest absolute Gasteiger partial charge is 0.378 e. The molecule has 1 saturated heterocycles. The van der Waals surface area contributed by atoms with E-state index in [2.05, 4.69) is 16.8 Å². The number of amides is 1. The zero-order valence-electron chi connectivity index (χ0n) is 9.44. The maximum atomic E-state index is 11.6. The van der Waals surface area contributed by atoms with Gasteiger partial charge in [-0.3, -0.25) is 4.79 Å². The minimum Gasteiger partial charge on any atom is -0.378 e. The molecule has 2 rings (SSSR count). The zero-order valence-corrected chi connectivity index (χ0v) is 10.3. The Balaban J connectivity index is 1.98. The van der Waals surface area contributed by atoms with Crippen molar-refractivity contribution in [2.24, 2.45) is 4.99 Å². The molecular weight excluding hydrogens is 224 g/mol. The van der Waals surface area contributed by atoms with E-state index in [1.807, 2.05) is 6.08 Å². The number of nitrogens with zero attached hydrogens (tertiary/aromatic N) is 2. The molecule has 2 heterocycles. The number of carbonyl (C=O) groups is 1. The Morgan fingerprint density at radius 1 is 1.50 bits per heavy atom. The molecule has 16 heavy (non-hydrogen) atoms. The molecule has 0 saturated carbocycles. The van der Waals surface area contributed by atoms with Gasteiger partial charge in [0.1, 0.15) is 0 Å². The van der Waals surface area contributed by atoms with E-state index in [9.17, 15) is 4.79 Å². The Hall–Kier alpha value is -0.810. The second kappa shape index (κ2) is 5.50. The molecule has 5 heteroatoms. The lowest BCUT2D eigenvalue weighted by Gasteiger charge is -2.27. The lowest BCUT2D eigenvalue weighted by Crippen LogP contribution is -2.38. The number of rotatable bonds is 2. The highest BCUT2D eigenvalue weighted by atomic mass is 32.2. The fourth-order valence-corrected chi connectivity index (χ4v) is 2.57. The molecule has 0 aromatic heterocycles. The maximum Gasteiger partial charge on any atom is 0.285 e. The van der Waals surface area contributed by atoms with Gasteiger partial charge in [-0.05, 0) is 18.2 Å². The summed E-state index contributed by atoms with van der Waals surface area (Å²) in [5, 5.41) is 0.843. The third kappa shape index (κ3) is 2.65. The highest BCUT2D eigenvalue weighted by molar-refractivity contribution is 8.18. The monoisotopic (exact) mass is 240 g/mol. The van der Waals surface area contributed by atoms with Gasteiger partial charge in [-0.1, -0.05) is 19.4 Å². The number of hydrogen-bond donors (Lipinski definition) is 0. The van der Waals surface area contributed by atoms with Crippen molar-refractivity contribution in [2.75, 3.05) is 26.3 Å². The standard InChI is InChI=1S/C11H16N2O2S/c1-2-3-4-9-10(14)12-11(16-9)13-5-7-15-8-6-13/h4H,2-3,5-8H2,1H3. The van der Waals surface area contributed by atoms with Crippen molar-refractivity contribution < 1.29 is 9.53 Å². The predicted octanol–water partition coefficient (Wildman–Crippen LogP) is 1.63. The first-order chi connectivity index (χ1) is 7.81. The van der Waals surface area contributed by atoms with Crippen LogP contribution in [0, 0.1) is 0 Å². The number of carbonyl (C=O) groups excluding carboxylic acids is 1. The normalized spacial score (nSPS) is 24.1. The van der Waals surface area contributed by atoms with E-state index >= 15 is 0 Å². The Labute approximate surface area is 99.7 Å². The Bertz CT molecular complexity index is 333. The van der Waals surface area contributed by atoms with E-state index in [0.29, 0.717) is 0 Å². The molecule has 0 aromatic rings. The molecule has 2 aliphatic rings. The van der Waals surface area contributed by atoms with Crippen LogP contribution in [0.2, 0.25) is 0 Å². The van der Waals surface area contributed by atoms with E-state index in [4.69, 9.17) is 4.74 Å². The van der Waals surface area contributed by atoms with Crippen LogP contribution in [-0.2, 0) is 9.53 Å². The van der Waals surface area contributed by atoms with Gasteiger partial charge >= 0.3 is 0 Å². The summed E-state index contributed by atoms with van der Waals surface area (Å²) in [7, 11) is 0. The van der Waals surface area contributed by atoms with Crippen LogP contribution in [0.5, 0.6) is 0 Å². The van der Waals surface area contributed by atoms with E-state index in [1.165, 1.54) is 11.8 Å². The highest BCUT2D eigenvalue weighted by Gasteiger charge is 2.26. The molecule has 0 bridgehead atoms. The first kappa shape index (κ1) is 11.7. The zero-order chi connectivity index (χ0) is 11.4. The predicted molar refractivity (Wildman–Crippen MR) is 65.4 cm³/mol. The van der Waals surface area contributed by atoms with Gasteiger partial charge in [0.05, 0.1) is 18.1 Å². The Morgan fingerprint density at radius 2 is 2.25 bits per heavy atom. The number of aliphatic imine (C=N–C) groups is 1. The fraction of sp³-hybridized carbons (Fsp3) is 0.636. The van der Waals surface area contributed by atoms with Crippen LogP contribution in [-0.4, -0.2) is 42.3 Å². The van der Waals surface area contributed by atoms with Crippen LogP contribution in [0.25, 0.3) is 0 Å². The first-order valence-electron chi connectivity index (χ1n) is 5.65. The molecule has 0 atom stereocenters. The summed E-state index contributed by atoms with van der Waals surface area (Å²) in [6.45, 7) is 5.22. The van der Waals surface area contributed by atoms with Crippen molar-refractivity contribution in [3.63, 3.8) is 0 Å². The van der Waals surface area contributed by atoms with E-state index in [0.717, 1.165) is 49.2 Å². The van der Waals surface area contributed by atoms with Crippen LogP contribution >= 0.6 is 11.8 Å². The number of amidine groups is 1. The topological polar surface area (TPSA) is 41.9 Å². The van der Waals surface area contributed by atoms with Crippen molar-refractivity contribution in [3.8, 4) is 0 Å². The van der Waals surface area contributed by atoms with Crippen LogP contribution in [0.4, 0.5) is 0 Å². The number of morpholine rings is 1. The molecule has 1 amide bonds. The van der Waals surface area contributed by atoms with Crippen LogP contribution in [0.1, 0.15) is 19.8 Å². The molecule has 0 aromatic carbocycles. The van der Waals surface area contributed by atoms with Crippen LogP contribution in [0.15, 0.2) is 16.0 Å². The van der Waals surface area contributed by atoms with Crippen molar-refractivity contribution >= 4 is 22.8 Å². The minimum atomic E-state index is -0.0834. The average Bonchev–Trinajstić information content (AvgIpc) is 2.69. The molecule has 0 N–H and O–H groups in total. The van der Waals surface area contributed by atoms with Crippen molar-refractivity contribution in [1.29, 1.82) is 0 Å². The SMILES string of the molecule is CCCC=C1SC(N2CCOCC2)=NC1=O. The number of allylic oxidation sites excluding steroid dienone is 1. The first-order valence-corrected chi connectivity index (χ1v) is 6.46. The van der Waals surface area contributed by atoms with E-state index < -0.39 is 0 Å². The minimum absolute atomic E-state index is 0.0834. The van der Waals surface area contributed by atoms with Gasteiger partial charge in [0.25, 0.3) is 5.91 Å².